The number of furan rings is 1. The summed E-state index contributed by atoms with van der Waals surface area (Å²) in [4.78, 5) is 30.5. The third-order valence-corrected chi connectivity index (χ3v) is 4.92. The van der Waals surface area contributed by atoms with E-state index in [9.17, 15) is 9.59 Å². The van der Waals surface area contributed by atoms with Crippen molar-refractivity contribution in [1.82, 2.24) is 10.4 Å². The summed E-state index contributed by atoms with van der Waals surface area (Å²) in [5, 5.41) is 1.15. The Morgan fingerprint density at radius 3 is 2.47 bits per heavy atom. The fourth-order valence-electron chi connectivity index (χ4n) is 3.28. The first kappa shape index (κ1) is 20.9. The molecular weight excluding hydrogens is 410 g/mol. The number of hydrogen-bond acceptors (Lipinski definition) is 6. The molecule has 0 saturated heterocycles. The molecule has 4 rings (SSSR count). The zero-order chi connectivity index (χ0) is 22.7. The average Bonchev–Trinajstić information content (AvgIpc) is 3.38. The van der Waals surface area contributed by atoms with Crippen molar-refractivity contribution in [2.75, 3.05) is 14.2 Å². The second-order valence-corrected chi connectivity index (χ2v) is 6.92. The first-order valence-electron chi connectivity index (χ1n) is 9.79. The van der Waals surface area contributed by atoms with E-state index in [4.69, 9.17) is 13.9 Å². The number of benzene rings is 2. The number of nitrogens with zero attached hydrogens (tertiary/aromatic N) is 2. The van der Waals surface area contributed by atoms with Gasteiger partial charge in [0, 0.05) is 5.56 Å². The third-order valence-electron chi connectivity index (χ3n) is 4.92. The van der Waals surface area contributed by atoms with E-state index in [2.05, 4.69) is 10.4 Å². The highest BCUT2D eigenvalue weighted by atomic mass is 16.5. The van der Waals surface area contributed by atoms with Crippen molar-refractivity contribution >= 4 is 23.7 Å². The standard InChI is InChI=1S/C24H21N3O5/c1-15-18(11-12-32-15)23(28)26-27-22(17-7-5-4-6-8-17)25-19(24(27)29)13-16-9-10-20(30-2)21(14-16)31-3/h4-14H,1-3H3,(H,26,28)/b19-13+. The summed E-state index contributed by atoms with van der Waals surface area (Å²) in [7, 11) is 3.09. The molecule has 32 heavy (non-hydrogen) atoms. The fourth-order valence-corrected chi connectivity index (χ4v) is 3.28. The summed E-state index contributed by atoms with van der Waals surface area (Å²) < 4.78 is 15.8. The predicted molar refractivity (Wildman–Crippen MR) is 118 cm³/mol. The lowest BCUT2D eigenvalue weighted by Gasteiger charge is -2.19. The maximum Gasteiger partial charge on any atom is 0.297 e. The van der Waals surface area contributed by atoms with Crippen molar-refractivity contribution in [3.8, 4) is 11.5 Å². The molecule has 1 aliphatic rings. The summed E-state index contributed by atoms with van der Waals surface area (Å²) in [6.07, 6.45) is 3.05. The lowest BCUT2D eigenvalue weighted by atomic mass is 10.1. The van der Waals surface area contributed by atoms with Gasteiger partial charge in [0.2, 0.25) is 0 Å². The molecule has 0 spiro atoms. The van der Waals surface area contributed by atoms with Crippen LogP contribution in [0.15, 0.2) is 76.0 Å². The van der Waals surface area contributed by atoms with Gasteiger partial charge in [0.15, 0.2) is 17.3 Å². The fraction of sp³-hybridized carbons (Fsp3) is 0.125. The van der Waals surface area contributed by atoms with Gasteiger partial charge in [0.25, 0.3) is 11.8 Å². The number of methoxy groups -OCH3 is 2. The van der Waals surface area contributed by atoms with E-state index in [-0.39, 0.29) is 5.70 Å². The molecule has 0 bridgehead atoms. The molecular formula is C24H21N3O5. The molecule has 3 aromatic rings. The van der Waals surface area contributed by atoms with E-state index in [0.29, 0.717) is 39.8 Å². The molecule has 8 heteroatoms. The molecule has 1 N–H and O–H groups in total. The minimum Gasteiger partial charge on any atom is -0.493 e. The molecule has 162 valence electrons. The van der Waals surface area contributed by atoms with Gasteiger partial charge in [-0.25, -0.2) is 4.99 Å². The maximum atomic E-state index is 13.2. The van der Waals surface area contributed by atoms with Crippen LogP contribution in [0.3, 0.4) is 0 Å². The SMILES string of the molecule is COc1ccc(/C=C2/N=C(c3ccccc3)N(NC(=O)c3ccoc3C)C2=O)cc1OC. The number of rotatable bonds is 6. The normalized spacial score (nSPS) is 14.5. The van der Waals surface area contributed by atoms with Gasteiger partial charge in [-0.3, -0.25) is 15.0 Å². The summed E-state index contributed by atoms with van der Waals surface area (Å²) in [5.41, 5.74) is 4.52. The molecule has 0 saturated carbocycles. The molecule has 2 amide bonds. The minimum atomic E-state index is -0.472. The number of ether oxygens (including phenoxy) is 2. The van der Waals surface area contributed by atoms with Crippen LogP contribution in [-0.2, 0) is 4.79 Å². The minimum absolute atomic E-state index is 0.167. The number of amides is 2. The van der Waals surface area contributed by atoms with Gasteiger partial charge in [-0.2, -0.15) is 5.01 Å². The van der Waals surface area contributed by atoms with Crippen molar-refractivity contribution in [1.29, 1.82) is 0 Å². The summed E-state index contributed by atoms with van der Waals surface area (Å²) >= 11 is 0. The van der Waals surface area contributed by atoms with Crippen molar-refractivity contribution < 1.29 is 23.5 Å². The Hall–Kier alpha value is -4.33. The van der Waals surface area contributed by atoms with Crippen LogP contribution in [0.2, 0.25) is 0 Å². The van der Waals surface area contributed by atoms with Crippen LogP contribution in [0.25, 0.3) is 6.08 Å². The predicted octanol–water partition coefficient (Wildman–Crippen LogP) is 3.58. The van der Waals surface area contributed by atoms with Gasteiger partial charge in [0.05, 0.1) is 26.0 Å². The number of nitrogens with one attached hydrogen (secondary N) is 1. The van der Waals surface area contributed by atoms with Crippen LogP contribution >= 0.6 is 0 Å². The van der Waals surface area contributed by atoms with Gasteiger partial charge in [-0.15, -0.1) is 0 Å². The van der Waals surface area contributed by atoms with Crippen molar-refractivity contribution in [2.45, 2.75) is 6.92 Å². The Balaban J connectivity index is 1.71. The number of carbonyl (C=O) groups excluding carboxylic acids is 2. The van der Waals surface area contributed by atoms with Gasteiger partial charge < -0.3 is 13.9 Å². The molecule has 8 nitrogen and oxygen atoms in total. The molecule has 1 aromatic heterocycles. The molecule has 2 aromatic carbocycles. The highest BCUT2D eigenvalue weighted by Gasteiger charge is 2.33. The van der Waals surface area contributed by atoms with E-state index in [1.165, 1.54) is 13.4 Å². The zero-order valence-corrected chi connectivity index (χ0v) is 17.8. The van der Waals surface area contributed by atoms with Gasteiger partial charge in [-0.1, -0.05) is 36.4 Å². The number of hydrogen-bond donors (Lipinski definition) is 1. The molecule has 0 fully saturated rings. The Morgan fingerprint density at radius 1 is 1.06 bits per heavy atom. The number of aliphatic imine (C=N–C) groups is 1. The van der Waals surface area contributed by atoms with Crippen molar-refractivity contribution in [3.05, 3.63) is 89.0 Å². The van der Waals surface area contributed by atoms with Crippen LogP contribution in [0.5, 0.6) is 11.5 Å². The molecule has 0 radical (unpaired) electrons. The smallest absolute Gasteiger partial charge is 0.297 e. The topological polar surface area (TPSA) is 93.4 Å². The van der Waals surface area contributed by atoms with Crippen LogP contribution in [0, 0.1) is 6.92 Å². The number of hydrazine groups is 1. The van der Waals surface area contributed by atoms with E-state index >= 15 is 0 Å². The van der Waals surface area contributed by atoms with Crippen LogP contribution < -0.4 is 14.9 Å². The molecule has 0 unspecified atom stereocenters. The molecule has 2 heterocycles. The number of carbonyl (C=O) groups is 2. The van der Waals surface area contributed by atoms with Crippen molar-refractivity contribution in [3.63, 3.8) is 0 Å². The van der Waals surface area contributed by atoms with E-state index in [1.807, 2.05) is 30.3 Å². The van der Waals surface area contributed by atoms with Gasteiger partial charge in [0.1, 0.15) is 11.5 Å². The largest absolute Gasteiger partial charge is 0.493 e. The maximum absolute atomic E-state index is 13.2. The van der Waals surface area contributed by atoms with E-state index < -0.39 is 11.8 Å². The van der Waals surface area contributed by atoms with Crippen molar-refractivity contribution in [2.24, 2.45) is 4.99 Å². The van der Waals surface area contributed by atoms with E-state index in [0.717, 1.165) is 5.01 Å². The summed E-state index contributed by atoms with van der Waals surface area (Å²) in [6.45, 7) is 1.68. The monoisotopic (exact) mass is 431 g/mol. The highest BCUT2D eigenvalue weighted by molar-refractivity contribution is 6.20. The number of aryl methyl sites for hydroxylation is 1. The second-order valence-electron chi connectivity index (χ2n) is 6.92. The zero-order valence-electron chi connectivity index (χ0n) is 17.8. The quantitative estimate of drug-likeness (QED) is 0.602. The second kappa shape index (κ2) is 8.81. The van der Waals surface area contributed by atoms with Crippen LogP contribution in [-0.4, -0.2) is 36.9 Å². The highest BCUT2D eigenvalue weighted by Crippen LogP contribution is 2.29. The molecule has 0 aliphatic carbocycles. The average molecular weight is 431 g/mol. The summed E-state index contributed by atoms with van der Waals surface area (Å²) in [5.74, 6) is 0.935. The third kappa shape index (κ3) is 3.98. The van der Waals surface area contributed by atoms with Gasteiger partial charge in [-0.05, 0) is 36.8 Å². The first-order valence-corrected chi connectivity index (χ1v) is 9.79. The number of amidine groups is 1. The lowest BCUT2D eigenvalue weighted by molar-refractivity contribution is -0.124. The van der Waals surface area contributed by atoms with Crippen LogP contribution in [0.1, 0.15) is 27.2 Å². The van der Waals surface area contributed by atoms with Gasteiger partial charge >= 0.3 is 0 Å². The lowest BCUT2D eigenvalue weighted by Crippen LogP contribution is -2.47. The first-order chi connectivity index (χ1) is 15.5. The molecule has 1 aliphatic heterocycles. The van der Waals surface area contributed by atoms with Crippen LogP contribution in [0.4, 0.5) is 0 Å². The Labute approximate surface area is 184 Å². The Morgan fingerprint density at radius 2 is 1.81 bits per heavy atom. The summed E-state index contributed by atoms with van der Waals surface area (Å²) in [6, 6.07) is 16.0. The molecule has 0 atom stereocenters. The van der Waals surface area contributed by atoms with E-state index in [1.54, 1.807) is 44.4 Å². The Bertz CT molecular complexity index is 1230. The Kier molecular flexibility index (Phi) is 5.76.